The molecule has 1 amide bonds. The van der Waals surface area contributed by atoms with Crippen molar-refractivity contribution in [3.05, 3.63) is 41.4 Å². The molecule has 0 saturated carbocycles. The second-order valence-corrected chi connectivity index (χ2v) is 8.99. The Morgan fingerprint density at radius 2 is 2.11 bits per heavy atom. The van der Waals surface area contributed by atoms with Gasteiger partial charge in [0.1, 0.15) is 9.84 Å². The summed E-state index contributed by atoms with van der Waals surface area (Å²) in [7, 11) is -3.21. The summed E-state index contributed by atoms with van der Waals surface area (Å²) in [6, 6.07) is 4.15. The highest BCUT2D eigenvalue weighted by atomic mass is 32.2. The average Bonchev–Trinajstić information content (AvgIpc) is 3.19. The van der Waals surface area contributed by atoms with E-state index in [4.69, 9.17) is 10.2 Å². The highest BCUT2D eigenvalue weighted by Gasteiger charge is 2.34. The van der Waals surface area contributed by atoms with Gasteiger partial charge in [0.15, 0.2) is 5.76 Å². The maximum absolute atomic E-state index is 13.0. The molecule has 3 rings (SSSR count). The molecule has 2 aromatic rings. The molecule has 0 aliphatic carbocycles. The Balaban J connectivity index is 1.98. The maximum atomic E-state index is 13.0. The van der Waals surface area contributed by atoms with E-state index in [9.17, 15) is 26.4 Å². The lowest BCUT2D eigenvalue weighted by molar-refractivity contribution is -0.137. The lowest BCUT2D eigenvalue weighted by atomic mass is 9.97. The Bertz CT molecular complexity index is 1000. The third-order valence-corrected chi connectivity index (χ3v) is 5.44. The first-order valence-electron chi connectivity index (χ1n) is 8.33. The van der Waals surface area contributed by atoms with Crippen LogP contribution < -0.4 is 11.1 Å². The van der Waals surface area contributed by atoms with Gasteiger partial charge in [-0.05, 0) is 18.6 Å². The normalized spacial score (nSPS) is 20.4. The molecule has 0 spiro atoms. The number of nitrogens with one attached hydrogen (secondary N) is 1. The van der Waals surface area contributed by atoms with E-state index in [1.807, 2.05) is 0 Å². The fourth-order valence-corrected chi connectivity index (χ4v) is 4.26. The number of oxazole rings is 1. The number of carbonyl (C=O) groups excluding carboxylic acids is 1. The zero-order valence-corrected chi connectivity index (χ0v) is 15.6. The molecule has 0 bridgehead atoms. The summed E-state index contributed by atoms with van der Waals surface area (Å²) in [6.07, 6.45) is -3.04. The third-order valence-electron chi connectivity index (χ3n) is 4.43. The molecule has 1 aliphatic heterocycles. The molecule has 28 heavy (non-hydrogen) atoms. The summed E-state index contributed by atoms with van der Waals surface area (Å²) in [5.74, 6) is -1.75. The number of primary amides is 1. The molecule has 1 fully saturated rings. The van der Waals surface area contributed by atoms with Gasteiger partial charge >= 0.3 is 12.1 Å². The molecule has 1 aromatic heterocycles. The lowest BCUT2D eigenvalue weighted by Crippen LogP contribution is -2.29. The van der Waals surface area contributed by atoms with Crippen molar-refractivity contribution in [3.8, 4) is 11.3 Å². The van der Waals surface area contributed by atoms with E-state index in [-0.39, 0.29) is 34.7 Å². The van der Waals surface area contributed by atoms with Crippen LogP contribution in [-0.4, -0.2) is 43.9 Å². The third kappa shape index (κ3) is 4.53. The van der Waals surface area contributed by atoms with Crippen LogP contribution in [0.1, 0.15) is 34.3 Å². The van der Waals surface area contributed by atoms with Gasteiger partial charge in [-0.3, -0.25) is 4.79 Å². The van der Waals surface area contributed by atoms with Crippen molar-refractivity contribution in [3.63, 3.8) is 0 Å². The van der Waals surface area contributed by atoms with Crippen LogP contribution in [-0.2, 0) is 16.0 Å². The summed E-state index contributed by atoms with van der Waals surface area (Å²) in [6.45, 7) is 0.344. The number of nitrogens with two attached hydrogens (primary N) is 1. The number of rotatable bonds is 5. The average molecular weight is 417 g/mol. The monoisotopic (exact) mass is 417 g/mol. The molecular weight excluding hydrogens is 399 g/mol. The van der Waals surface area contributed by atoms with Gasteiger partial charge in [0.2, 0.25) is 0 Å². The van der Waals surface area contributed by atoms with Gasteiger partial charge < -0.3 is 15.5 Å². The molecule has 152 valence electrons. The number of aromatic nitrogens is 1. The van der Waals surface area contributed by atoms with Gasteiger partial charge in [-0.2, -0.15) is 13.2 Å². The fourth-order valence-electron chi connectivity index (χ4n) is 3.28. The Kier molecular flexibility index (Phi) is 5.24. The van der Waals surface area contributed by atoms with Crippen LogP contribution in [0.25, 0.3) is 11.3 Å². The summed E-state index contributed by atoms with van der Waals surface area (Å²) < 4.78 is 67.5. The van der Waals surface area contributed by atoms with Crippen molar-refractivity contribution in [2.24, 2.45) is 5.73 Å². The van der Waals surface area contributed by atoms with Crippen LogP contribution >= 0.6 is 0 Å². The van der Waals surface area contributed by atoms with Crippen LogP contribution in [0.4, 0.5) is 13.2 Å². The summed E-state index contributed by atoms with van der Waals surface area (Å²) >= 11 is 0. The van der Waals surface area contributed by atoms with Crippen molar-refractivity contribution in [1.82, 2.24) is 10.3 Å². The molecule has 11 heteroatoms. The van der Waals surface area contributed by atoms with Gasteiger partial charge in [-0.15, -0.1) is 0 Å². The van der Waals surface area contributed by atoms with E-state index >= 15 is 0 Å². The first-order valence-corrected chi connectivity index (χ1v) is 10.4. The second-order valence-electron chi connectivity index (χ2n) is 6.81. The molecule has 1 aliphatic rings. The van der Waals surface area contributed by atoms with Crippen LogP contribution in [0.15, 0.2) is 28.7 Å². The van der Waals surface area contributed by atoms with Gasteiger partial charge in [0.25, 0.3) is 5.89 Å². The Hall–Kier alpha value is -2.40. The topological polar surface area (TPSA) is 115 Å². The molecule has 3 N–H and O–H groups in total. The number of benzene rings is 1. The van der Waals surface area contributed by atoms with E-state index in [1.54, 1.807) is 0 Å². The largest absolute Gasteiger partial charge is 0.432 e. The number of amides is 1. The van der Waals surface area contributed by atoms with Crippen molar-refractivity contribution < 1.29 is 30.8 Å². The zero-order chi connectivity index (χ0) is 20.7. The predicted molar refractivity (Wildman–Crippen MR) is 94.3 cm³/mol. The number of halogens is 3. The number of hydrogen-bond donors (Lipinski definition) is 2. The molecule has 0 unspecified atom stereocenters. The van der Waals surface area contributed by atoms with E-state index in [2.05, 4.69) is 10.3 Å². The van der Waals surface area contributed by atoms with Crippen LogP contribution in [0, 0.1) is 0 Å². The Morgan fingerprint density at radius 3 is 2.71 bits per heavy atom. The molecule has 2 heterocycles. The minimum Gasteiger partial charge on any atom is -0.432 e. The Labute approximate surface area is 159 Å². The summed E-state index contributed by atoms with van der Waals surface area (Å²) in [5.41, 5.74) is 4.73. The lowest BCUT2D eigenvalue weighted by Gasteiger charge is -2.11. The summed E-state index contributed by atoms with van der Waals surface area (Å²) in [5, 5.41) is 3.06. The van der Waals surface area contributed by atoms with Crippen molar-refractivity contribution in [2.45, 2.75) is 24.6 Å². The van der Waals surface area contributed by atoms with Crippen molar-refractivity contribution in [2.75, 3.05) is 18.6 Å². The van der Waals surface area contributed by atoms with Gasteiger partial charge in [-0.1, -0.05) is 12.1 Å². The minimum atomic E-state index is -4.54. The molecule has 7 nitrogen and oxygen atoms in total. The highest BCUT2D eigenvalue weighted by molar-refractivity contribution is 7.90. The second kappa shape index (κ2) is 7.21. The highest BCUT2D eigenvalue weighted by Crippen LogP contribution is 2.37. The number of hydrogen-bond acceptors (Lipinski definition) is 6. The molecule has 1 aromatic carbocycles. The molecular formula is C17H18F3N3O4S. The first-order chi connectivity index (χ1) is 12.9. The standard InChI is InChI=1S/C17H18F3N3O4S/c1-28(25,26)8-12-6-10(7-22-12)13-14(27-16(23-13)15(21)24)9-3-2-4-11(5-9)17(18,19)20/h2-5,10,12,22H,6-8H2,1H3,(H2,21,24)/t10-,12+/m1/s1. The van der Waals surface area contributed by atoms with Crippen molar-refractivity contribution in [1.29, 1.82) is 0 Å². The van der Waals surface area contributed by atoms with Gasteiger partial charge in [-0.25, -0.2) is 13.4 Å². The van der Waals surface area contributed by atoms with E-state index in [0.29, 0.717) is 13.0 Å². The summed E-state index contributed by atoms with van der Waals surface area (Å²) in [4.78, 5) is 15.6. The van der Waals surface area contributed by atoms with Crippen LogP contribution in [0.5, 0.6) is 0 Å². The number of nitrogens with zero attached hydrogens (tertiary/aromatic N) is 1. The number of carbonyl (C=O) groups is 1. The quantitative estimate of drug-likeness (QED) is 0.768. The Morgan fingerprint density at radius 1 is 1.39 bits per heavy atom. The van der Waals surface area contributed by atoms with Crippen molar-refractivity contribution >= 4 is 15.7 Å². The molecule has 0 radical (unpaired) electrons. The molecule has 2 atom stereocenters. The minimum absolute atomic E-state index is 0.0201. The smallest absolute Gasteiger partial charge is 0.416 e. The predicted octanol–water partition coefficient (Wildman–Crippen LogP) is 1.95. The maximum Gasteiger partial charge on any atom is 0.416 e. The number of sulfone groups is 1. The van der Waals surface area contributed by atoms with E-state index < -0.39 is 33.4 Å². The number of alkyl halides is 3. The SMILES string of the molecule is CS(=O)(=O)C[C@@H]1C[C@@H](c2nc(C(N)=O)oc2-c2cccc(C(F)(F)F)c2)CN1. The van der Waals surface area contributed by atoms with E-state index in [0.717, 1.165) is 18.4 Å². The molecule has 1 saturated heterocycles. The zero-order valence-electron chi connectivity index (χ0n) is 14.8. The van der Waals surface area contributed by atoms with Gasteiger partial charge in [0.05, 0.1) is 17.0 Å². The fraction of sp³-hybridized carbons (Fsp3) is 0.412. The van der Waals surface area contributed by atoms with Crippen LogP contribution in [0.2, 0.25) is 0 Å². The first kappa shape index (κ1) is 20.3. The van der Waals surface area contributed by atoms with E-state index in [1.165, 1.54) is 12.1 Å². The van der Waals surface area contributed by atoms with Gasteiger partial charge in [0, 0.05) is 30.3 Å². The van der Waals surface area contributed by atoms with Crippen LogP contribution in [0.3, 0.4) is 0 Å².